The predicted molar refractivity (Wildman–Crippen MR) is 68.1 cm³/mol. The van der Waals surface area contributed by atoms with Gasteiger partial charge in [0.25, 0.3) is 0 Å². The van der Waals surface area contributed by atoms with Gasteiger partial charge in [0.1, 0.15) is 5.82 Å². The highest BCUT2D eigenvalue weighted by atomic mass is 79.9. The quantitative estimate of drug-likeness (QED) is 0.833. The lowest BCUT2D eigenvalue weighted by atomic mass is 10.2. The summed E-state index contributed by atoms with van der Waals surface area (Å²) in [6.45, 7) is 1.31. The molecule has 0 bridgehead atoms. The normalized spacial score (nSPS) is 10.7. The van der Waals surface area contributed by atoms with E-state index in [0.717, 1.165) is 23.1 Å². The summed E-state index contributed by atoms with van der Waals surface area (Å²) >= 11 is 3.33. The first-order valence-electron chi connectivity index (χ1n) is 5.37. The second kappa shape index (κ2) is 5.93. The Morgan fingerprint density at radius 2 is 2.29 bits per heavy atom. The van der Waals surface area contributed by atoms with Crippen LogP contribution in [0.4, 0.5) is 4.39 Å². The van der Waals surface area contributed by atoms with Crippen LogP contribution < -0.4 is 5.32 Å². The van der Waals surface area contributed by atoms with Gasteiger partial charge in [-0.3, -0.25) is 0 Å². The zero-order valence-corrected chi connectivity index (χ0v) is 10.8. The molecule has 1 aromatic carbocycles. The summed E-state index contributed by atoms with van der Waals surface area (Å²) in [5.74, 6) is -0.178. The Morgan fingerprint density at radius 3 is 3.06 bits per heavy atom. The molecule has 0 saturated heterocycles. The van der Waals surface area contributed by atoms with Gasteiger partial charge >= 0.3 is 0 Å². The number of aromatic nitrogens is 2. The van der Waals surface area contributed by atoms with Gasteiger partial charge in [0.2, 0.25) is 0 Å². The highest BCUT2D eigenvalue weighted by Gasteiger charge is 2.02. The van der Waals surface area contributed by atoms with Gasteiger partial charge in [-0.25, -0.2) is 9.37 Å². The first kappa shape index (κ1) is 12.3. The first-order valence-corrected chi connectivity index (χ1v) is 6.17. The second-order valence-corrected chi connectivity index (χ2v) is 4.66. The Labute approximate surface area is 108 Å². The molecule has 0 radical (unpaired) electrons. The smallest absolute Gasteiger partial charge is 0.127 e. The van der Waals surface area contributed by atoms with Gasteiger partial charge in [-0.15, -0.1) is 0 Å². The molecule has 90 valence electrons. The Morgan fingerprint density at radius 1 is 1.41 bits per heavy atom. The van der Waals surface area contributed by atoms with E-state index in [1.807, 2.05) is 0 Å². The fraction of sp³-hybridized carbons (Fsp3) is 0.250. The first-order chi connectivity index (χ1) is 8.25. The van der Waals surface area contributed by atoms with Crippen molar-refractivity contribution in [3.05, 3.63) is 52.3 Å². The van der Waals surface area contributed by atoms with Gasteiger partial charge in [0.15, 0.2) is 0 Å². The third-order valence-electron chi connectivity index (χ3n) is 2.45. The third kappa shape index (κ3) is 3.64. The number of rotatable bonds is 5. The van der Waals surface area contributed by atoms with Crippen molar-refractivity contribution >= 4 is 15.9 Å². The van der Waals surface area contributed by atoms with E-state index in [9.17, 15) is 4.39 Å². The Balaban J connectivity index is 1.80. The van der Waals surface area contributed by atoms with Crippen LogP contribution in [0.5, 0.6) is 0 Å². The fourth-order valence-electron chi connectivity index (χ4n) is 1.55. The molecule has 0 saturated carbocycles. The number of H-pyrrole nitrogens is 1. The average Bonchev–Trinajstić information content (AvgIpc) is 2.82. The van der Waals surface area contributed by atoms with Gasteiger partial charge in [-0.2, -0.15) is 0 Å². The molecule has 0 spiro atoms. The molecular weight excluding hydrogens is 285 g/mol. The monoisotopic (exact) mass is 297 g/mol. The molecule has 1 heterocycles. The third-order valence-corrected chi connectivity index (χ3v) is 2.94. The highest BCUT2D eigenvalue weighted by Crippen LogP contribution is 2.15. The van der Waals surface area contributed by atoms with Crippen molar-refractivity contribution in [2.45, 2.75) is 13.0 Å². The van der Waals surface area contributed by atoms with E-state index in [0.29, 0.717) is 12.1 Å². The number of aromatic amines is 1. The molecule has 2 rings (SSSR count). The Kier molecular flexibility index (Phi) is 4.28. The predicted octanol–water partition coefficient (Wildman–Crippen LogP) is 2.64. The lowest BCUT2D eigenvalue weighted by Crippen LogP contribution is -2.17. The molecule has 0 fully saturated rings. The largest absolute Gasteiger partial charge is 0.348 e. The summed E-state index contributed by atoms with van der Waals surface area (Å²) in [5.41, 5.74) is 1.75. The summed E-state index contributed by atoms with van der Waals surface area (Å²) < 4.78 is 14.3. The topological polar surface area (TPSA) is 40.7 Å². The number of nitrogens with one attached hydrogen (secondary N) is 2. The van der Waals surface area contributed by atoms with Gasteiger partial charge in [-0.05, 0) is 18.2 Å². The van der Waals surface area contributed by atoms with Crippen molar-refractivity contribution in [2.75, 3.05) is 6.54 Å². The molecule has 0 amide bonds. The van der Waals surface area contributed by atoms with E-state index in [-0.39, 0.29) is 5.82 Å². The molecule has 0 unspecified atom stereocenters. The minimum Gasteiger partial charge on any atom is -0.348 e. The van der Waals surface area contributed by atoms with Gasteiger partial charge < -0.3 is 10.3 Å². The highest BCUT2D eigenvalue weighted by molar-refractivity contribution is 9.10. The molecule has 2 N–H and O–H groups in total. The number of nitrogens with zero attached hydrogens (tertiary/aromatic N) is 1. The summed E-state index contributed by atoms with van der Waals surface area (Å²) in [4.78, 5) is 6.96. The van der Waals surface area contributed by atoms with Crippen molar-refractivity contribution < 1.29 is 4.39 Å². The van der Waals surface area contributed by atoms with E-state index in [2.05, 4.69) is 31.2 Å². The molecule has 17 heavy (non-hydrogen) atoms. The van der Waals surface area contributed by atoms with Crippen LogP contribution in [0.25, 0.3) is 0 Å². The van der Waals surface area contributed by atoms with Gasteiger partial charge in [0.05, 0.1) is 6.33 Å². The number of benzene rings is 1. The van der Waals surface area contributed by atoms with Crippen LogP contribution in [0.2, 0.25) is 0 Å². The van der Waals surface area contributed by atoms with Crippen LogP contribution >= 0.6 is 15.9 Å². The van der Waals surface area contributed by atoms with Crippen molar-refractivity contribution in [3.63, 3.8) is 0 Å². The zero-order valence-electron chi connectivity index (χ0n) is 9.21. The summed E-state index contributed by atoms with van der Waals surface area (Å²) in [6.07, 6.45) is 4.31. The lowest BCUT2D eigenvalue weighted by Gasteiger charge is -2.05. The van der Waals surface area contributed by atoms with Crippen LogP contribution in [0.15, 0.2) is 35.2 Å². The van der Waals surface area contributed by atoms with E-state index in [1.54, 1.807) is 24.7 Å². The molecule has 0 atom stereocenters. The molecular formula is C12H13BrFN3. The molecule has 3 nitrogen and oxygen atoms in total. The van der Waals surface area contributed by atoms with E-state index < -0.39 is 0 Å². The van der Waals surface area contributed by atoms with E-state index in [4.69, 9.17) is 0 Å². The summed E-state index contributed by atoms with van der Waals surface area (Å²) in [5, 5.41) is 3.20. The maximum Gasteiger partial charge on any atom is 0.127 e. The molecule has 0 aliphatic rings. The SMILES string of the molecule is Fc1ccc(Br)cc1CNCCc1cnc[nH]1. The van der Waals surface area contributed by atoms with Crippen molar-refractivity contribution in [3.8, 4) is 0 Å². The van der Waals surface area contributed by atoms with Crippen LogP contribution in [-0.2, 0) is 13.0 Å². The maximum absolute atomic E-state index is 13.4. The van der Waals surface area contributed by atoms with Crippen LogP contribution in [-0.4, -0.2) is 16.5 Å². The molecule has 0 aliphatic heterocycles. The minimum absolute atomic E-state index is 0.178. The maximum atomic E-state index is 13.4. The minimum atomic E-state index is -0.178. The molecule has 1 aromatic heterocycles. The Hall–Kier alpha value is -1.20. The molecule has 2 aromatic rings. The number of halogens is 2. The number of hydrogen-bond acceptors (Lipinski definition) is 2. The second-order valence-electron chi connectivity index (χ2n) is 3.74. The van der Waals surface area contributed by atoms with Crippen LogP contribution in [0.1, 0.15) is 11.3 Å². The molecule has 5 heteroatoms. The van der Waals surface area contributed by atoms with Crippen LogP contribution in [0.3, 0.4) is 0 Å². The van der Waals surface area contributed by atoms with Gasteiger partial charge in [0, 0.05) is 41.4 Å². The number of imidazole rings is 1. The average molecular weight is 298 g/mol. The van der Waals surface area contributed by atoms with E-state index in [1.165, 1.54) is 6.07 Å². The zero-order chi connectivity index (χ0) is 12.1. The van der Waals surface area contributed by atoms with Crippen molar-refractivity contribution in [1.82, 2.24) is 15.3 Å². The van der Waals surface area contributed by atoms with Gasteiger partial charge in [-0.1, -0.05) is 15.9 Å². The van der Waals surface area contributed by atoms with Crippen molar-refractivity contribution in [2.24, 2.45) is 0 Å². The van der Waals surface area contributed by atoms with Crippen LogP contribution in [0, 0.1) is 5.82 Å². The molecule has 0 aliphatic carbocycles. The van der Waals surface area contributed by atoms with E-state index >= 15 is 0 Å². The summed E-state index contributed by atoms with van der Waals surface area (Å²) in [6, 6.07) is 4.96. The fourth-order valence-corrected chi connectivity index (χ4v) is 1.95. The Bertz CT molecular complexity index is 471. The summed E-state index contributed by atoms with van der Waals surface area (Å²) in [7, 11) is 0. The standard InChI is InChI=1S/C12H13BrFN3/c13-10-1-2-12(14)9(5-10)6-15-4-3-11-7-16-8-17-11/h1-2,5,7-8,15H,3-4,6H2,(H,16,17). The van der Waals surface area contributed by atoms with Crippen molar-refractivity contribution in [1.29, 1.82) is 0 Å². The number of hydrogen-bond donors (Lipinski definition) is 2. The lowest BCUT2D eigenvalue weighted by molar-refractivity contribution is 0.587.